The number of nitrogens with zero attached hydrogens (tertiary/aromatic N) is 2. The average Bonchev–Trinajstić information content (AvgIpc) is 2.71. The Kier molecular flexibility index (Phi) is 6.40. The first kappa shape index (κ1) is 22.1. The highest BCUT2D eigenvalue weighted by Gasteiger charge is 2.29. The number of amides is 1. The Morgan fingerprint density at radius 1 is 1.17 bits per heavy atom. The number of halogens is 1. The van der Waals surface area contributed by atoms with Crippen LogP contribution in [0.5, 0.6) is 11.5 Å². The first-order valence-electron chi connectivity index (χ1n) is 9.50. The lowest BCUT2D eigenvalue weighted by molar-refractivity contribution is 0.0954. The number of allylic oxidation sites excluding steroid dienone is 1. The van der Waals surface area contributed by atoms with E-state index in [1.54, 1.807) is 32.6 Å². The van der Waals surface area contributed by atoms with Gasteiger partial charge in [-0.3, -0.25) is 4.79 Å². The molecule has 0 aliphatic carbocycles. The van der Waals surface area contributed by atoms with Gasteiger partial charge in [-0.1, -0.05) is 6.08 Å². The normalized spacial score (nSPS) is 14.9. The van der Waals surface area contributed by atoms with Crippen LogP contribution >= 0.6 is 22.6 Å². The number of hydrogen-bond acceptors (Lipinski definition) is 5. The molecule has 0 spiro atoms. The van der Waals surface area contributed by atoms with Crippen molar-refractivity contribution in [2.75, 3.05) is 26.2 Å². The van der Waals surface area contributed by atoms with Crippen LogP contribution in [0.15, 0.2) is 41.5 Å². The number of likely N-dealkylation sites (N-methyl/N-ethyl adjacent to an activating group) is 1. The van der Waals surface area contributed by atoms with Crippen molar-refractivity contribution in [2.24, 2.45) is 5.10 Å². The van der Waals surface area contributed by atoms with Gasteiger partial charge in [0, 0.05) is 35.5 Å². The van der Waals surface area contributed by atoms with Crippen molar-refractivity contribution < 1.29 is 14.3 Å². The molecule has 2 aromatic carbocycles. The molecule has 1 amide bonds. The summed E-state index contributed by atoms with van der Waals surface area (Å²) in [5.74, 6) is 1.04. The SMILES string of the molecule is COc1cc(C(=O)N/N=C/c2cc3c(cc2OC)N(C)C(C)(C)C=C3C)ccc1I. The molecule has 3 rings (SSSR count). The number of nitrogens with one attached hydrogen (secondary N) is 1. The number of methoxy groups -OCH3 is 2. The van der Waals surface area contributed by atoms with E-state index in [1.807, 2.05) is 18.2 Å². The molecule has 0 saturated carbocycles. The molecule has 1 heterocycles. The number of hydrazone groups is 1. The number of fused-ring (bicyclic) bond motifs is 1. The van der Waals surface area contributed by atoms with Crippen molar-refractivity contribution in [1.82, 2.24) is 5.43 Å². The van der Waals surface area contributed by atoms with E-state index in [9.17, 15) is 4.79 Å². The largest absolute Gasteiger partial charge is 0.496 e. The lowest BCUT2D eigenvalue weighted by Gasteiger charge is -2.40. The number of anilines is 1. The van der Waals surface area contributed by atoms with Crippen LogP contribution in [0.25, 0.3) is 5.57 Å². The molecule has 0 radical (unpaired) electrons. The molecule has 0 unspecified atom stereocenters. The molecule has 158 valence electrons. The summed E-state index contributed by atoms with van der Waals surface area (Å²) >= 11 is 2.16. The molecular formula is C23H26IN3O3. The molecule has 0 fully saturated rings. The molecule has 1 aliphatic heterocycles. The van der Waals surface area contributed by atoms with Gasteiger partial charge in [-0.15, -0.1) is 0 Å². The molecule has 0 bridgehead atoms. The molecule has 2 aromatic rings. The maximum atomic E-state index is 12.4. The van der Waals surface area contributed by atoms with Gasteiger partial charge in [0.15, 0.2) is 0 Å². The third-order valence-electron chi connectivity index (χ3n) is 5.35. The van der Waals surface area contributed by atoms with Crippen molar-refractivity contribution in [2.45, 2.75) is 26.3 Å². The summed E-state index contributed by atoms with van der Waals surface area (Å²) in [5, 5.41) is 4.15. The zero-order valence-corrected chi connectivity index (χ0v) is 20.2. The van der Waals surface area contributed by atoms with E-state index < -0.39 is 0 Å². The highest BCUT2D eigenvalue weighted by atomic mass is 127. The quantitative estimate of drug-likeness (QED) is 0.354. The summed E-state index contributed by atoms with van der Waals surface area (Å²) in [6.07, 6.45) is 3.85. The standard InChI is InChI=1S/C23H26IN3O3/c1-14-12-23(2,3)27(4)19-11-20(29-5)16(9-17(14)19)13-25-26-22(28)15-7-8-18(24)21(10-15)30-6/h7-13H,1-6H3,(H,26,28)/b25-13+. The molecule has 0 saturated heterocycles. The molecule has 1 aliphatic rings. The number of carbonyl (C=O) groups is 1. The second kappa shape index (κ2) is 8.67. The molecule has 30 heavy (non-hydrogen) atoms. The predicted molar refractivity (Wildman–Crippen MR) is 130 cm³/mol. The van der Waals surface area contributed by atoms with E-state index in [-0.39, 0.29) is 11.4 Å². The van der Waals surface area contributed by atoms with Gasteiger partial charge < -0.3 is 14.4 Å². The minimum absolute atomic E-state index is 0.0831. The molecule has 0 atom stereocenters. The van der Waals surface area contributed by atoms with Gasteiger partial charge >= 0.3 is 0 Å². The van der Waals surface area contributed by atoms with E-state index >= 15 is 0 Å². The van der Waals surface area contributed by atoms with E-state index in [0.29, 0.717) is 17.1 Å². The van der Waals surface area contributed by atoms with Gasteiger partial charge in [0.05, 0.1) is 29.5 Å². The van der Waals surface area contributed by atoms with Gasteiger partial charge in [-0.2, -0.15) is 5.10 Å². The fourth-order valence-electron chi connectivity index (χ4n) is 3.50. The molecule has 0 aromatic heterocycles. The van der Waals surface area contributed by atoms with Crippen LogP contribution in [0.4, 0.5) is 5.69 Å². The van der Waals surface area contributed by atoms with Gasteiger partial charge in [-0.25, -0.2) is 5.43 Å². The lowest BCUT2D eigenvalue weighted by Crippen LogP contribution is -2.42. The van der Waals surface area contributed by atoms with Crippen molar-refractivity contribution in [3.8, 4) is 11.5 Å². The van der Waals surface area contributed by atoms with Crippen LogP contribution in [-0.4, -0.2) is 38.9 Å². The molecule has 6 nitrogen and oxygen atoms in total. The Morgan fingerprint density at radius 2 is 1.87 bits per heavy atom. The van der Waals surface area contributed by atoms with E-state index in [1.165, 1.54) is 5.57 Å². The topological polar surface area (TPSA) is 63.2 Å². The fraction of sp³-hybridized carbons (Fsp3) is 0.304. The maximum Gasteiger partial charge on any atom is 0.271 e. The Bertz CT molecular complexity index is 1040. The number of rotatable bonds is 5. The first-order chi connectivity index (χ1) is 14.2. The summed E-state index contributed by atoms with van der Waals surface area (Å²) in [4.78, 5) is 14.7. The van der Waals surface area contributed by atoms with Gasteiger partial charge in [-0.05, 0) is 73.2 Å². The number of hydrogen-bond donors (Lipinski definition) is 1. The van der Waals surface area contributed by atoms with Crippen molar-refractivity contribution in [1.29, 1.82) is 0 Å². The second-order valence-electron chi connectivity index (χ2n) is 7.70. The van der Waals surface area contributed by atoms with Crippen LogP contribution in [0, 0.1) is 3.57 Å². The number of carbonyl (C=O) groups excluding carboxylic acids is 1. The third-order valence-corrected chi connectivity index (χ3v) is 6.24. The summed E-state index contributed by atoms with van der Waals surface area (Å²) in [7, 11) is 5.28. The van der Waals surface area contributed by atoms with Crippen LogP contribution in [0.1, 0.15) is 42.3 Å². The lowest BCUT2D eigenvalue weighted by atomic mass is 9.88. The first-order valence-corrected chi connectivity index (χ1v) is 10.6. The average molecular weight is 519 g/mol. The third kappa shape index (κ3) is 4.30. The molecule has 7 heteroatoms. The maximum absolute atomic E-state index is 12.4. The monoisotopic (exact) mass is 519 g/mol. The Labute approximate surface area is 191 Å². The summed E-state index contributed by atoms with van der Waals surface area (Å²) < 4.78 is 11.8. The zero-order chi connectivity index (χ0) is 22.1. The Balaban J connectivity index is 1.86. The van der Waals surface area contributed by atoms with Gasteiger partial charge in [0.25, 0.3) is 5.91 Å². The highest BCUT2D eigenvalue weighted by Crippen LogP contribution is 2.40. The minimum Gasteiger partial charge on any atom is -0.496 e. The van der Waals surface area contributed by atoms with E-state index in [2.05, 4.69) is 71.9 Å². The van der Waals surface area contributed by atoms with Crippen LogP contribution in [0.2, 0.25) is 0 Å². The molecule has 1 N–H and O–H groups in total. The van der Waals surface area contributed by atoms with Crippen molar-refractivity contribution >= 4 is 46.0 Å². The van der Waals surface area contributed by atoms with Crippen LogP contribution in [0.3, 0.4) is 0 Å². The number of ether oxygens (including phenoxy) is 2. The van der Waals surface area contributed by atoms with Crippen molar-refractivity contribution in [3.05, 3.63) is 56.7 Å². The second-order valence-corrected chi connectivity index (χ2v) is 8.86. The van der Waals surface area contributed by atoms with Crippen molar-refractivity contribution in [3.63, 3.8) is 0 Å². The number of benzene rings is 2. The van der Waals surface area contributed by atoms with Crippen LogP contribution < -0.4 is 19.8 Å². The van der Waals surface area contributed by atoms with Gasteiger partial charge in [0.1, 0.15) is 11.5 Å². The van der Waals surface area contributed by atoms with Gasteiger partial charge in [0.2, 0.25) is 0 Å². The predicted octanol–water partition coefficient (Wildman–Crippen LogP) is 4.70. The van der Waals surface area contributed by atoms with E-state index in [4.69, 9.17) is 9.47 Å². The van der Waals surface area contributed by atoms with Crippen LogP contribution in [-0.2, 0) is 0 Å². The Morgan fingerprint density at radius 3 is 2.53 bits per heavy atom. The van der Waals surface area contributed by atoms with E-state index in [0.717, 1.165) is 20.4 Å². The zero-order valence-electron chi connectivity index (χ0n) is 18.0. The Hall–Kier alpha value is -2.55. The summed E-state index contributed by atoms with van der Waals surface area (Å²) in [6.45, 7) is 6.46. The summed E-state index contributed by atoms with van der Waals surface area (Å²) in [5.41, 5.74) is 7.17. The minimum atomic E-state index is -0.310. The molecular weight excluding hydrogens is 493 g/mol. The summed E-state index contributed by atoms with van der Waals surface area (Å²) in [6, 6.07) is 9.31. The fourth-order valence-corrected chi connectivity index (χ4v) is 4.05. The smallest absolute Gasteiger partial charge is 0.271 e. The highest BCUT2D eigenvalue weighted by molar-refractivity contribution is 14.1.